The summed E-state index contributed by atoms with van der Waals surface area (Å²) < 4.78 is 1.90. The van der Waals surface area contributed by atoms with E-state index in [1.165, 1.54) is 0 Å². The normalized spacial score (nSPS) is 11.0. The summed E-state index contributed by atoms with van der Waals surface area (Å²) in [6.07, 6.45) is 3.58. The van der Waals surface area contributed by atoms with Gasteiger partial charge in [-0.05, 0) is 30.7 Å². The highest BCUT2D eigenvalue weighted by Crippen LogP contribution is 2.23. The van der Waals surface area contributed by atoms with Crippen molar-refractivity contribution in [2.75, 3.05) is 17.7 Å². The SMILES string of the molecule is Cc1nnc2c(N(C)Cc3cc(N)ccc3Cl)nccn12. The van der Waals surface area contributed by atoms with Gasteiger partial charge >= 0.3 is 0 Å². The van der Waals surface area contributed by atoms with E-state index < -0.39 is 0 Å². The molecular formula is C14H15ClN6. The zero-order chi connectivity index (χ0) is 15.0. The maximum absolute atomic E-state index is 6.21. The van der Waals surface area contributed by atoms with Gasteiger partial charge in [-0.3, -0.25) is 4.40 Å². The topological polar surface area (TPSA) is 72.3 Å². The number of nitrogens with two attached hydrogens (primary N) is 1. The Bertz CT molecular complexity index is 797. The maximum atomic E-state index is 6.21. The highest BCUT2D eigenvalue weighted by Gasteiger charge is 2.13. The van der Waals surface area contributed by atoms with E-state index in [1.54, 1.807) is 18.3 Å². The van der Waals surface area contributed by atoms with Crippen molar-refractivity contribution in [1.82, 2.24) is 19.6 Å². The number of hydrogen-bond acceptors (Lipinski definition) is 5. The molecule has 2 N–H and O–H groups in total. The molecule has 0 saturated carbocycles. The van der Waals surface area contributed by atoms with E-state index in [-0.39, 0.29) is 0 Å². The quantitative estimate of drug-likeness (QED) is 0.752. The summed E-state index contributed by atoms with van der Waals surface area (Å²) in [7, 11) is 1.94. The molecule has 3 rings (SSSR count). The van der Waals surface area contributed by atoms with Crippen LogP contribution in [0.2, 0.25) is 5.02 Å². The smallest absolute Gasteiger partial charge is 0.203 e. The van der Waals surface area contributed by atoms with Crippen LogP contribution >= 0.6 is 11.6 Å². The Hall–Kier alpha value is -2.34. The lowest BCUT2D eigenvalue weighted by molar-refractivity contribution is 0.890. The lowest BCUT2D eigenvalue weighted by atomic mass is 10.2. The van der Waals surface area contributed by atoms with Crippen molar-refractivity contribution < 1.29 is 0 Å². The summed E-state index contributed by atoms with van der Waals surface area (Å²) in [6, 6.07) is 5.45. The molecule has 3 aromatic rings. The summed E-state index contributed by atoms with van der Waals surface area (Å²) in [6.45, 7) is 2.49. The predicted molar refractivity (Wildman–Crippen MR) is 83.5 cm³/mol. The monoisotopic (exact) mass is 302 g/mol. The van der Waals surface area contributed by atoms with E-state index in [0.29, 0.717) is 17.3 Å². The molecule has 0 atom stereocenters. The fourth-order valence-corrected chi connectivity index (χ4v) is 2.42. The van der Waals surface area contributed by atoms with Crippen LogP contribution in [0.15, 0.2) is 30.6 Å². The number of anilines is 2. The van der Waals surface area contributed by atoms with Gasteiger partial charge in [-0.2, -0.15) is 0 Å². The van der Waals surface area contributed by atoms with Crippen molar-refractivity contribution in [3.05, 3.63) is 47.0 Å². The first kappa shape index (κ1) is 13.6. The van der Waals surface area contributed by atoms with Gasteiger partial charge in [0.1, 0.15) is 5.82 Å². The molecule has 108 valence electrons. The standard InChI is InChI=1S/C14H15ClN6/c1-9-18-19-14-13(17-5-6-21(9)14)20(2)8-10-7-11(16)3-4-12(10)15/h3-7H,8,16H2,1-2H3. The zero-order valence-corrected chi connectivity index (χ0v) is 12.5. The van der Waals surface area contributed by atoms with Crippen LogP contribution in [0.3, 0.4) is 0 Å². The van der Waals surface area contributed by atoms with Gasteiger partial charge < -0.3 is 10.6 Å². The van der Waals surface area contributed by atoms with E-state index >= 15 is 0 Å². The molecule has 0 unspecified atom stereocenters. The van der Waals surface area contributed by atoms with Crippen molar-refractivity contribution in [1.29, 1.82) is 0 Å². The number of rotatable bonds is 3. The lowest BCUT2D eigenvalue weighted by Crippen LogP contribution is -2.19. The predicted octanol–water partition coefficient (Wildman–Crippen LogP) is 2.30. The highest BCUT2D eigenvalue weighted by atomic mass is 35.5. The Morgan fingerprint density at radius 1 is 1.33 bits per heavy atom. The van der Waals surface area contributed by atoms with Crippen LogP contribution in [0.1, 0.15) is 11.4 Å². The second-order valence-electron chi connectivity index (χ2n) is 4.90. The molecule has 0 bridgehead atoms. The van der Waals surface area contributed by atoms with Crippen LogP contribution in [-0.4, -0.2) is 26.6 Å². The second kappa shape index (κ2) is 5.21. The minimum Gasteiger partial charge on any atom is -0.399 e. The number of nitrogens with zero attached hydrogens (tertiary/aromatic N) is 5. The fourth-order valence-electron chi connectivity index (χ4n) is 2.24. The van der Waals surface area contributed by atoms with Gasteiger partial charge in [0, 0.05) is 36.7 Å². The van der Waals surface area contributed by atoms with E-state index in [0.717, 1.165) is 22.9 Å². The van der Waals surface area contributed by atoms with Gasteiger partial charge in [-0.1, -0.05) is 11.6 Å². The fraction of sp³-hybridized carbons (Fsp3) is 0.214. The lowest BCUT2D eigenvalue weighted by Gasteiger charge is -2.19. The number of aryl methyl sites for hydroxylation is 1. The molecule has 1 aromatic carbocycles. The third-order valence-corrected chi connectivity index (χ3v) is 3.69. The molecule has 0 amide bonds. The van der Waals surface area contributed by atoms with Crippen molar-refractivity contribution >= 4 is 28.8 Å². The number of halogens is 1. The van der Waals surface area contributed by atoms with Crippen LogP contribution in [-0.2, 0) is 6.54 Å². The Morgan fingerprint density at radius 2 is 2.14 bits per heavy atom. The molecule has 7 heteroatoms. The molecule has 0 aliphatic heterocycles. The average molecular weight is 303 g/mol. The van der Waals surface area contributed by atoms with E-state index in [4.69, 9.17) is 17.3 Å². The first-order valence-corrected chi connectivity index (χ1v) is 6.85. The molecule has 6 nitrogen and oxygen atoms in total. The molecule has 0 spiro atoms. The molecule has 0 radical (unpaired) electrons. The van der Waals surface area contributed by atoms with Crippen molar-refractivity contribution in [3.8, 4) is 0 Å². The van der Waals surface area contributed by atoms with Crippen LogP contribution in [0, 0.1) is 6.92 Å². The van der Waals surface area contributed by atoms with Gasteiger partial charge in [0.25, 0.3) is 0 Å². The molecule has 21 heavy (non-hydrogen) atoms. The van der Waals surface area contributed by atoms with Crippen LogP contribution < -0.4 is 10.6 Å². The molecule has 2 heterocycles. The van der Waals surface area contributed by atoms with E-state index in [2.05, 4.69) is 15.2 Å². The third kappa shape index (κ3) is 2.50. The first-order chi connectivity index (χ1) is 10.1. The molecule has 0 aliphatic rings. The van der Waals surface area contributed by atoms with Gasteiger partial charge in [0.2, 0.25) is 5.65 Å². The van der Waals surface area contributed by atoms with Gasteiger partial charge in [0.15, 0.2) is 5.82 Å². The number of nitrogen functional groups attached to an aromatic ring is 1. The highest BCUT2D eigenvalue weighted by molar-refractivity contribution is 6.31. The number of aromatic nitrogens is 4. The molecule has 0 aliphatic carbocycles. The van der Waals surface area contributed by atoms with Gasteiger partial charge in [0.05, 0.1) is 0 Å². The minimum atomic E-state index is 0.586. The Morgan fingerprint density at radius 3 is 2.95 bits per heavy atom. The Kier molecular flexibility index (Phi) is 3.39. The maximum Gasteiger partial charge on any atom is 0.203 e. The molecule has 0 fully saturated rings. The van der Waals surface area contributed by atoms with Crippen LogP contribution in [0.4, 0.5) is 11.5 Å². The van der Waals surface area contributed by atoms with E-state index in [1.807, 2.05) is 35.5 Å². The van der Waals surface area contributed by atoms with Crippen molar-refractivity contribution in [2.24, 2.45) is 0 Å². The summed E-state index contributed by atoms with van der Waals surface area (Å²) in [4.78, 5) is 6.37. The number of benzene rings is 1. The van der Waals surface area contributed by atoms with Crippen LogP contribution in [0.5, 0.6) is 0 Å². The average Bonchev–Trinajstić information content (AvgIpc) is 2.84. The number of fused-ring (bicyclic) bond motifs is 1. The number of hydrogen-bond donors (Lipinski definition) is 1. The zero-order valence-electron chi connectivity index (χ0n) is 11.8. The summed E-state index contributed by atoms with van der Waals surface area (Å²) in [5.41, 5.74) is 8.17. The minimum absolute atomic E-state index is 0.586. The van der Waals surface area contributed by atoms with E-state index in [9.17, 15) is 0 Å². The van der Waals surface area contributed by atoms with Crippen molar-refractivity contribution in [3.63, 3.8) is 0 Å². The first-order valence-electron chi connectivity index (χ1n) is 6.47. The van der Waals surface area contributed by atoms with Gasteiger partial charge in [-0.25, -0.2) is 4.98 Å². The molecular weight excluding hydrogens is 288 g/mol. The van der Waals surface area contributed by atoms with Gasteiger partial charge in [-0.15, -0.1) is 10.2 Å². The molecule has 0 saturated heterocycles. The largest absolute Gasteiger partial charge is 0.399 e. The second-order valence-corrected chi connectivity index (χ2v) is 5.31. The van der Waals surface area contributed by atoms with Crippen molar-refractivity contribution in [2.45, 2.75) is 13.5 Å². The third-order valence-electron chi connectivity index (χ3n) is 3.32. The summed E-state index contributed by atoms with van der Waals surface area (Å²) >= 11 is 6.21. The Balaban J connectivity index is 1.97. The molecule has 2 aromatic heterocycles. The summed E-state index contributed by atoms with van der Waals surface area (Å²) in [5.74, 6) is 1.57. The van der Waals surface area contributed by atoms with Crippen LogP contribution in [0.25, 0.3) is 5.65 Å². The summed E-state index contributed by atoms with van der Waals surface area (Å²) in [5, 5.41) is 8.93. The Labute approximate surface area is 127 Å².